The van der Waals surface area contributed by atoms with Crippen molar-refractivity contribution < 1.29 is 62.7 Å². The molecule has 0 saturated carbocycles. The molecule has 2 aromatic heterocycles. The third kappa shape index (κ3) is 6.52. The molecule has 2 aromatic rings. The Kier molecular flexibility index (Phi) is 9.22. The molecule has 14 nitrogen and oxygen atoms in total. The van der Waals surface area contributed by atoms with Crippen molar-refractivity contribution in [2.75, 3.05) is 14.2 Å². The van der Waals surface area contributed by atoms with Crippen LogP contribution in [0.5, 0.6) is 0 Å². The summed E-state index contributed by atoms with van der Waals surface area (Å²) in [5.41, 5.74) is 6.68. The Balaban J connectivity index is 1.61. The molecule has 0 bridgehead atoms. The number of carboxylic acid groups (broad SMARTS) is 3. The highest BCUT2D eigenvalue weighted by molar-refractivity contribution is 6.11. The highest BCUT2D eigenvalue weighted by Gasteiger charge is 2.31. The summed E-state index contributed by atoms with van der Waals surface area (Å²) in [4.78, 5) is 73.1. The summed E-state index contributed by atoms with van der Waals surface area (Å²) in [7, 11) is 2.43. The minimum atomic E-state index is -1.15. The molecule has 0 atom stereocenters. The molecule has 0 amide bonds. The van der Waals surface area contributed by atoms with Crippen molar-refractivity contribution in [2.45, 2.75) is 26.6 Å². The summed E-state index contributed by atoms with van der Waals surface area (Å²) < 4.78 is 14.3. The summed E-state index contributed by atoms with van der Waals surface area (Å²) >= 11 is 0. The molecule has 262 valence electrons. The minimum absolute atomic E-state index is 0.0750. The number of aldehydes is 1. The second kappa shape index (κ2) is 13.7. The van der Waals surface area contributed by atoms with Gasteiger partial charge in [0.1, 0.15) is 12.1 Å². The number of carbonyl (C=O) groups excluding carboxylic acids is 3. The van der Waals surface area contributed by atoms with Gasteiger partial charge in [-0.2, -0.15) is 9.13 Å². The van der Waals surface area contributed by atoms with E-state index in [1.54, 1.807) is 49.0 Å². The fraction of sp³-hybridized carbons (Fsp3) is 0.158. The van der Waals surface area contributed by atoms with Crippen LogP contribution in [0.4, 0.5) is 0 Å². The topological polar surface area (TPSA) is 194 Å². The van der Waals surface area contributed by atoms with E-state index in [4.69, 9.17) is 9.47 Å². The van der Waals surface area contributed by atoms with Crippen LogP contribution in [0.2, 0.25) is 0 Å². The van der Waals surface area contributed by atoms with Crippen molar-refractivity contribution in [3.63, 3.8) is 0 Å². The number of hydrogen-bond donors (Lipinski definition) is 3. The summed E-state index contributed by atoms with van der Waals surface area (Å²) in [6.45, 7) is 0.572. The molecule has 0 saturated heterocycles. The Morgan fingerprint density at radius 2 is 1.35 bits per heavy atom. The van der Waals surface area contributed by atoms with Gasteiger partial charge in [0.25, 0.3) is 0 Å². The Hall–Kier alpha value is -6.96. The second-order valence-corrected chi connectivity index (χ2v) is 12.2. The van der Waals surface area contributed by atoms with E-state index in [0.29, 0.717) is 61.9 Å². The van der Waals surface area contributed by atoms with Crippen LogP contribution in [0.3, 0.4) is 0 Å². The quantitative estimate of drug-likeness (QED) is 0.118. The first-order valence-electron chi connectivity index (χ1n) is 15.7. The maximum Gasteiger partial charge on any atom is 0.370 e. The van der Waals surface area contributed by atoms with Crippen LogP contribution in [0.1, 0.15) is 71.4 Å². The van der Waals surface area contributed by atoms with E-state index in [9.17, 15) is 44.1 Å². The first-order chi connectivity index (χ1) is 24.8. The summed E-state index contributed by atoms with van der Waals surface area (Å²) in [5.74, 6) is -4.76. The number of nitrogens with zero attached hydrogens (tertiary/aromatic N) is 3. The lowest BCUT2D eigenvalue weighted by Gasteiger charge is -2.14. The third-order valence-electron chi connectivity index (χ3n) is 8.71. The molecule has 1 aliphatic heterocycles. The first kappa shape index (κ1) is 34.9. The first-order valence-corrected chi connectivity index (χ1v) is 15.7. The van der Waals surface area contributed by atoms with Gasteiger partial charge < -0.3 is 29.4 Å². The van der Waals surface area contributed by atoms with Gasteiger partial charge in [-0.05, 0) is 53.0 Å². The summed E-state index contributed by atoms with van der Waals surface area (Å²) in [6.07, 6.45) is 18.6. The van der Waals surface area contributed by atoms with E-state index in [0.717, 1.165) is 5.57 Å². The van der Waals surface area contributed by atoms with Crippen LogP contribution in [0.25, 0.3) is 46.1 Å². The van der Waals surface area contributed by atoms with E-state index >= 15 is 0 Å². The number of carbonyl (C=O) groups is 6. The molecular weight excluding hydrogens is 674 g/mol. The number of rotatable bonds is 11. The second-order valence-electron chi connectivity index (χ2n) is 12.2. The van der Waals surface area contributed by atoms with Gasteiger partial charge in [0, 0.05) is 34.6 Å². The van der Waals surface area contributed by atoms with E-state index in [-0.39, 0.29) is 23.2 Å². The van der Waals surface area contributed by atoms with Crippen LogP contribution in [-0.4, -0.2) is 70.2 Å². The number of carboxylic acids is 3. The van der Waals surface area contributed by atoms with E-state index in [2.05, 4.69) is 0 Å². The third-order valence-corrected chi connectivity index (χ3v) is 8.71. The number of ether oxygens (including phenoxy) is 2. The van der Waals surface area contributed by atoms with Crippen LogP contribution >= 0.6 is 0 Å². The minimum Gasteiger partial charge on any atom is -0.480 e. The van der Waals surface area contributed by atoms with Crippen molar-refractivity contribution in [2.24, 2.45) is 0 Å². The number of hydrogen-bond acceptors (Lipinski definition) is 8. The predicted octanol–water partition coefficient (Wildman–Crippen LogP) is 3.33. The molecule has 6 rings (SSSR count). The van der Waals surface area contributed by atoms with E-state index < -0.39 is 42.9 Å². The average Bonchev–Trinajstić information content (AvgIpc) is 3.75. The molecule has 3 N–H and O–H groups in total. The molecular formula is C38H31N3O11+2. The molecule has 14 heteroatoms. The van der Waals surface area contributed by atoms with Crippen LogP contribution in [-0.2, 0) is 43.5 Å². The SMILES string of the molecule is COC(=O)c1c[n+](CC(=O)O)cc2c1C(=Cc1cc(C=C3C=Cc4c(C=O)c[n+](CC(=O)O)cc43)c3c(C(=O)OC)cn(CC(=O)O)cc1-3)C=C2C. The number of fused-ring (bicyclic) bond motifs is 3. The number of aliphatic carboxylic acids is 3. The van der Waals surface area contributed by atoms with Crippen molar-refractivity contribution >= 4 is 71.1 Å². The smallest absolute Gasteiger partial charge is 0.370 e. The van der Waals surface area contributed by atoms with Gasteiger partial charge in [-0.3, -0.25) is 9.59 Å². The van der Waals surface area contributed by atoms with Gasteiger partial charge in [-0.1, -0.05) is 18.2 Å². The Bertz CT molecular complexity index is 2360. The monoisotopic (exact) mass is 705 g/mol. The molecule has 4 aliphatic rings. The molecule has 52 heavy (non-hydrogen) atoms. The number of aromatic nitrogens is 3. The fourth-order valence-corrected chi connectivity index (χ4v) is 6.66. The van der Waals surface area contributed by atoms with Crippen molar-refractivity contribution in [3.8, 4) is 11.1 Å². The van der Waals surface area contributed by atoms with E-state index in [1.807, 2.05) is 13.0 Å². The highest BCUT2D eigenvalue weighted by atomic mass is 16.5. The number of pyridine rings is 3. The Morgan fingerprint density at radius 1 is 0.712 bits per heavy atom. The zero-order chi connectivity index (χ0) is 37.4. The fourth-order valence-electron chi connectivity index (χ4n) is 6.66. The molecule has 3 aliphatic carbocycles. The van der Waals surface area contributed by atoms with Crippen LogP contribution in [0, 0.1) is 0 Å². The van der Waals surface area contributed by atoms with E-state index in [1.165, 1.54) is 46.5 Å². The number of methoxy groups -OCH3 is 2. The largest absolute Gasteiger partial charge is 0.480 e. The normalized spacial score (nSPS) is 14.3. The van der Waals surface area contributed by atoms with Crippen LogP contribution in [0.15, 0.2) is 55.4 Å². The van der Waals surface area contributed by atoms with Crippen molar-refractivity contribution in [3.05, 3.63) is 105 Å². The molecule has 0 aromatic carbocycles. The van der Waals surface area contributed by atoms with Gasteiger partial charge in [-0.15, -0.1) is 0 Å². The number of esters is 2. The lowest BCUT2D eigenvalue weighted by molar-refractivity contribution is -0.686. The van der Waals surface area contributed by atoms with Crippen molar-refractivity contribution in [1.82, 2.24) is 4.57 Å². The maximum absolute atomic E-state index is 13.3. The molecule has 0 fully saturated rings. The highest BCUT2D eigenvalue weighted by Crippen LogP contribution is 2.44. The lowest BCUT2D eigenvalue weighted by atomic mass is 9.96. The molecule has 0 radical (unpaired) electrons. The standard InChI is InChI=1S/C38H29N3O11/c1-20-6-23(35-27(20)11-40(17-33(45)46)14-30(35)37(49)51-2)8-22-9-24(36-29(22)13-41(18-34(47)48)15-31(36)38(50)52-3)7-21-4-5-26-25(19-42)10-39(12-28(21)26)16-32(43)44/h4-15,19H,16-18H2,1-3H3,(H-2,43,44,45,46,47,48)/p+2. The molecule has 0 spiro atoms. The van der Waals surface area contributed by atoms with Crippen LogP contribution < -0.4 is 9.13 Å². The predicted molar refractivity (Wildman–Crippen MR) is 184 cm³/mol. The maximum atomic E-state index is 13.3. The van der Waals surface area contributed by atoms with Gasteiger partial charge in [0.15, 0.2) is 31.1 Å². The van der Waals surface area contributed by atoms with Gasteiger partial charge >= 0.3 is 29.8 Å². The van der Waals surface area contributed by atoms with Gasteiger partial charge in [0.2, 0.25) is 13.1 Å². The number of allylic oxidation sites excluding steroid dienone is 5. The van der Waals surface area contributed by atoms with Gasteiger partial charge in [0.05, 0.1) is 36.5 Å². The summed E-state index contributed by atoms with van der Waals surface area (Å²) in [5, 5.41) is 28.5. The molecule has 0 unspecified atom stereocenters. The lowest BCUT2D eigenvalue weighted by Crippen LogP contribution is -2.39. The van der Waals surface area contributed by atoms with Crippen molar-refractivity contribution in [1.29, 1.82) is 0 Å². The molecule has 3 heterocycles. The van der Waals surface area contributed by atoms with Gasteiger partial charge in [-0.25, -0.2) is 19.2 Å². The Morgan fingerprint density at radius 3 is 1.98 bits per heavy atom. The average molecular weight is 706 g/mol. The zero-order valence-electron chi connectivity index (χ0n) is 28.1. The summed E-state index contributed by atoms with van der Waals surface area (Å²) in [6, 6.07) is 1.79. The zero-order valence-corrected chi connectivity index (χ0v) is 28.1. The Labute approximate surface area is 295 Å².